The standard InChI is InChI=1S/C16H16O3/c1-16(2,3)19-15(18)14(17)13-9-8-11-6-4-5-7-12(11)10-13/h4-10H,1-3H3. The first-order chi connectivity index (χ1) is 8.87. The monoisotopic (exact) mass is 256 g/mol. The van der Waals surface area contributed by atoms with E-state index in [2.05, 4.69) is 0 Å². The van der Waals surface area contributed by atoms with E-state index >= 15 is 0 Å². The van der Waals surface area contributed by atoms with E-state index in [9.17, 15) is 9.59 Å². The zero-order valence-electron chi connectivity index (χ0n) is 11.3. The van der Waals surface area contributed by atoms with Gasteiger partial charge in [-0.15, -0.1) is 0 Å². The Morgan fingerprint density at radius 1 is 0.947 bits per heavy atom. The maximum Gasteiger partial charge on any atom is 0.380 e. The predicted molar refractivity (Wildman–Crippen MR) is 74.1 cm³/mol. The molecule has 0 unspecified atom stereocenters. The van der Waals surface area contributed by atoms with E-state index in [0.717, 1.165) is 10.8 Å². The van der Waals surface area contributed by atoms with E-state index in [1.807, 2.05) is 30.3 Å². The number of esters is 1. The summed E-state index contributed by atoms with van der Waals surface area (Å²) in [6, 6.07) is 12.9. The van der Waals surface area contributed by atoms with E-state index in [-0.39, 0.29) is 0 Å². The van der Waals surface area contributed by atoms with E-state index in [4.69, 9.17) is 4.74 Å². The van der Waals surface area contributed by atoms with Crippen LogP contribution >= 0.6 is 0 Å². The average molecular weight is 256 g/mol. The Morgan fingerprint density at radius 2 is 1.58 bits per heavy atom. The third-order valence-corrected chi connectivity index (χ3v) is 2.60. The number of fused-ring (bicyclic) bond motifs is 1. The van der Waals surface area contributed by atoms with Gasteiger partial charge in [0.25, 0.3) is 5.78 Å². The van der Waals surface area contributed by atoms with Crippen LogP contribution in [0.15, 0.2) is 42.5 Å². The molecule has 19 heavy (non-hydrogen) atoms. The molecule has 3 heteroatoms. The molecule has 0 radical (unpaired) electrons. The molecule has 0 aliphatic carbocycles. The maximum atomic E-state index is 12.0. The molecule has 0 atom stereocenters. The maximum absolute atomic E-state index is 12.0. The molecule has 0 saturated carbocycles. The van der Waals surface area contributed by atoms with Crippen molar-refractivity contribution in [2.45, 2.75) is 26.4 Å². The second kappa shape index (κ2) is 4.84. The molecule has 0 saturated heterocycles. The first kappa shape index (κ1) is 13.3. The van der Waals surface area contributed by atoms with Crippen LogP contribution in [0.2, 0.25) is 0 Å². The van der Waals surface area contributed by atoms with Gasteiger partial charge in [-0.2, -0.15) is 0 Å². The zero-order valence-corrected chi connectivity index (χ0v) is 11.3. The van der Waals surface area contributed by atoms with Crippen molar-refractivity contribution in [2.24, 2.45) is 0 Å². The molecule has 0 bridgehead atoms. The van der Waals surface area contributed by atoms with Gasteiger partial charge < -0.3 is 4.74 Å². The van der Waals surface area contributed by atoms with Gasteiger partial charge in [0.1, 0.15) is 5.60 Å². The molecule has 0 N–H and O–H groups in total. The Kier molecular flexibility index (Phi) is 3.38. The molecule has 98 valence electrons. The third-order valence-electron chi connectivity index (χ3n) is 2.60. The Bertz CT molecular complexity index is 636. The Balaban J connectivity index is 2.29. The lowest BCUT2D eigenvalue weighted by Crippen LogP contribution is -2.28. The van der Waals surface area contributed by atoms with Crippen molar-refractivity contribution >= 4 is 22.5 Å². The topological polar surface area (TPSA) is 43.4 Å². The average Bonchev–Trinajstić information content (AvgIpc) is 2.35. The summed E-state index contributed by atoms with van der Waals surface area (Å²) in [4.78, 5) is 23.7. The van der Waals surface area contributed by atoms with Gasteiger partial charge in [0.2, 0.25) is 0 Å². The van der Waals surface area contributed by atoms with Gasteiger partial charge in [-0.25, -0.2) is 4.79 Å². The highest BCUT2D eigenvalue weighted by Crippen LogP contribution is 2.17. The SMILES string of the molecule is CC(C)(C)OC(=O)C(=O)c1ccc2ccccc2c1. The number of benzene rings is 2. The summed E-state index contributed by atoms with van der Waals surface area (Å²) < 4.78 is 5.08. The van der Waals surface area contributed by atoms with Gasteiger partial charge in [-0.05, 0) is 37.6 Å². The molecule has 0 aromatic heterocycles. The van der Waals surface area contributed by atoms with Crippen LogP contribution < -0.4 is 0 Å². The van der Waals surface area contributed by atoms with E-state index < -0.39 is 17.4 Å². The molecular weight excluding hydrogens is 240 g/mol. The third kappa shape index (κ3) is 3.19. The van der Waals surface area contributed by atoms with Crippen molar-refractivity contribution in [1.82, 2.24) is 0 Å². The Hall–Kier alpha value is -2.16. The van der Waals surface area contributed by atoms with Crippen LogP contribution in [0.3, 0.4) is 0 Å². The van der Waals surface area contributed by atoms with Crippen LogP contribution in [0.5, 0.6) is 0 Å². The highest BCUT2D eigenvalue weighted by Gasteiger charge is 2.24. The minimum atomic E-state index is -0.817. The van der Waals surface area contributed by atoms with Crippen LogP contribution in [0.25, 0.3) is 10.8 Å². The highest BCUT2D eigenvalue weighted by atomic mass is 16.6. The van der Waals surface area contributed by atoms with Gasteiger partial charge in [0.05, 0.1) is 0 Å². The molecule has 0 aliphatic heterocycles. The fraction of sp³-hybridized carbons (Fsp3) is 0.250. The minimum Gasteiger partial charge on any atom is -0.454 e. The van der Waals surface area contributed by atoms with Crippen LogP contribution in [0.4, 0.5) is 0 Å². The number of hydrogen-bond acceptors (Lipinski definition) is 3. The summed E-state index contributed by atoms with van der Waals surface area (Å²) in [6.07, 6.45) is 0. The Labute approximate surface area is 112 Å². The van der Waals surface area contributed by atoms with Crippen molar-refractivity contribution < 1.29 is 14.3 Å². The number of carbonyl (C=O) groups is 2. The van der Waals surface area contributed by atoms with E-state index in [1.165, 1.54) is 0 Å². The lowest BCUT2D eigenvalue weighted by molar-refractivity contribution is -0.148. The minimum absolute atomic E-state index is 0.355. The molecule has 0 spiro atoms. The molecular formula is C16H16O3. The van der Waals surface area contributed by atoms with Crippen molar-refractivity contribution in [3.63, 3.8) is 0 Å². The highest BCUT2D eigenvalue weighted by molar-refractivity contribution is 6.41. The quantitative estimate of drug-likeness (QED) is 0.470. The Morgan fingerprint density at radius 3 is 2.21 bits per heavy atom. The van der Waals surface area contributed by atoms with Crippen LogP contribution in [-0.2, 0) is 9.53 Å². The number of ketones is 1. The second-order valence-electron chi connectivity index (χ2n) is 5.39. The van der Waals surface area contributed by atoms with Crippen molar-refractivity contribution in [2.75, 3.05) is 0 Å². The molecule has 0 aliphatic rings. The van der Waals surface area contributed by atoms with Gasteiger partial charge in [0, 0.05) is 5.56 Å². The second-order valence-corrected chi connectivity index (χ2v) is 5.39. The summed E-state index contributed by atoms with van der Waals surface area (Å²) in [5, 5.41) is 1.96. The summed E-state index contributed by atoms with van der Waals surface area (Å²) in [7, 11) is 0. The lowest BCUT2D eigenvalue weighted by Gasteiger charge is -2.18. The summed E-state index contributed by atoms with van der Waals surface area (Å²) >= 11 is 0. The molecule has 0 fully saturated rings. The molecule has 2 aromatic rings. The smallest absolute Gasteiger partial charge is 0.380 e. The summed E-state index contributed by atoms with van der Waals surface area (Å²) in [5.74, 6) is -1.43. The predicted octanol–water partition coefficient (Wildman–Crippen LogP) is 3.36. The lowest BCUT2D eigenvalue weighted by atomic mass is 10.0. The van der Waals surface area contributed by atoms with Crippen molar-refractivity contribution in [3.8, 4) is 0 Å². The van der Waals surface area contributed by atoms with E-state index in [0.29, 0.717) is 5.56 Å². The molecule has 2 rings (SSSR count). The summed E-state index contributed by atoms with van der Waals surface area (Å²) in [5.41, 5.74) is -0.309. The van der Waals surface area contributed by atoms with Gasteiger partial charge in [-0.3, -0.25) is 4.79 Å². The normalized spacial score (nSPS) is 11.3. The van der Waals surface area contributed by atoms with Crippen LogP contribution in [0, 0.1) is 0 Å². The number of hydrogen-bond donors (Lipinski definition) is 0. The molecule has 3 nitrogen and oxygen atoms in total. The first-order valence-corrected chi connectivity index (χ1v) is 6.13. The fourth-order valence-corrected chi connectivity index (χ4v) is 1.77. The van der Waals surface area contributed by atoms with Crippen molar-refractivity contribution in [1.29, 1.82) is 0 Å². The molecule has 0 heterocycles. The number of carbonyl (C=O) groups excluding carboxylic acids is 2. The van der Waals surface area contributed by atoms with E-state index in [1.54, 1.807) is 32.9 Å². The van der Waals surface area contributed by atoms with Crippen LogP contribution in [-0.4, -0.2) is 17.4 Å². The number of ether oxygens (including phenoxy) is 1. The van der Waals surface area contributed by atoms with Crippen molar-refractivity contribution in [3.05, 3.63) is 48.0 Å². The molecule has 0 amide bonds. The van der Waals surface area contributed by atoms with Gasteiger partial charge >= 0.3 is 5.97 Å². The number of Topliss-reactive ketones (excluding diaryl/α,β-unsaturated/α-hetero) is 1. The number of rotatable bonds is 2. The molecule has 2 aromatic carbocycles. The van der Waals surface area contributed by atoms with Crippen LogP contribution in [0.1, 0.15) is 31.1 Å². The fourth-order valence-electron chi connectivity index (χ4n) is 1.77. The largest absolute Gasteiger partial charge is 0.454 e. The summed E-state index contributed by atoms with van der Waals surface area (Å²) in [6.45, 7) is 5.20. The first-order valence-electron chi connectivity index (χ1n) is 6.13. The van der Waals surface area contributed by atoms with Gasteiger partial charge in [-0.1, -0.05) is 36.4 Å². The zero-order chi connectivity index (χ0) is 14.0. The van der Waals surface area contributed by atoms with Gasteiger partial charge in [0.15, 0.2) is 0 Å².